The summed E-state index contributed by atoms with van der Waals surface area (Å²) in [7, 11) is 1.37. The maximum atomic E-state index is 11.1. The lowest BCUT2D eigenvalue weighted by Crippen LogP contribution is -2.04. The first-order chi connectivity index (χ1) is 8.19. The van der Waals surface area contributed by atoms with E-state index in [0.29, 0.717) is 0 Å². The average Bonchev–Trinajstić information content (AvgIpc) is 2.77. The maximum absolute atomic E-state index is 11.1. The van der Waals surface area contributed by atoms with Gasteiger partial charge in [0.15, 0.2) is 0 Å². The number of carbonyl (C=O) groups excluding carboxylic acids is 1. The minimum absolute atomic E-state index is 0.207. The molecule has 0 fully saturated rings. The maximum Gasteiger partial charge on any atom is 0.311 e. The molecule has 0 radical (unpaired) electrons. The van der Waals surface area contributed by atoms with Crippen molar-refractivity contribution in [2.45, 2.75) is 13.3 Å². The fraction of sp³-hybridized carbons (Fsp3) is 0.250. The second kappa shape index (κ2) is 5.05. The van der Waals surface area contributed by atoms with Crippen LogP contribution in [0.2, 0.25) is 0 Å². The van der Waals surface area contributed by atoms with Gasteiger partial charge in [-0.3, -0.25) is 9.78 Å². The Bertz CT molecular complexity index is 537. The molecule has 0 aliphatic carbocycles. The fourth-order valence-corrected chi connectivity index (χ4v) is 2.18. The summed E-state index contributed by atoms with van der Waals surface area (Å²) in [6.07, 6.45) is 0.207. The zero-order valence-corrected chi connectivity index (χ0v) is 10.5. The molecule has 2 heterocycles. The molecule has 0 aliphatic rings. The third kappa shape index (κ3) is 2.88. The van der Waals surface area contributed by atoms with Crippen LogP contribution in [0, 0.1) is 6.92 Å². The third-order valence-corrected chi connectivity index (χ3v) is 3.13. The van der Waals surface area contributed by atoms with Gasteiger partial charge in [-0.25, -0.2) is 4.98 Å². The Hall–Kier alpha value is -1.75. The van der Waals surface area contributed by atoms with E-state index in [1.54, 1.807) is 0 Å². The molecular weight excluding hydrogens is 236 g/mol. The SMILES string of the molecule is COC(=O)Cc1csc(-c2cccc(C)n2)n1. The molecule has 5 heteroatoms. The van der Waals surface area contributed by atoms with Crippen LogP contribution in [0.25, 0.3) is 10.7 Å². The second-order valence-electron chi connectivity index (χ2n) is 3.56. The Morgan fingerprint density at radius 2 is 2.24 bits per heavy atom. The van der Waals surface area contributed by atoms with Crippen LogP contribution < -0.4 is 0 Å². The Kier molecular flexibility index (Phi) is 3.49. The van der Waals surface area contributed by atoms with Crippen LogP contribution in [0.4, 0.5) is 0 Å². The number of aromatic nitrogens is 2. The number of esters is 1. The normalized spacial score (nSPS) is 10.2. The van der Waals surface area contributed by atoms with Gasteiger partial charge < -0.3 is 4.74 Å². The molecule has 17 heavy (non-hydrogen) atoms. The summed E-state index contributed by atoms with van der Waals surface area (Å²) >= 11 is 1.48. The van der Waals surface area contributed by atoms with Gasteiger partial charge in [0.25, 0.3) is 0 Å². The first-order valence-electron chi connectivity index (χ1n) is 5.14. The summed E-state index contributed by atoms with van der Waals surface area (Å²) in [5.41, 5.74) is 2.51. The van der Waals surface area contributed by atoms with Crippen LogP contribution in [0.15, 0.2) is 23.6 Å². The topological polar surface area (TPSA) is 52.1 Å². The molecule has 0 saturated heterocycles. The molecule has 88 valence electrons. The van der Waals surface area contributed by atoms with E-state index in [2.05, 4.69) is 14.7 Å². The molecule has 0 unspecified atom stereocenters. The number of carbonyl (C=O) groups is 1. The Morgan fingerprint density at radius 3 is 2.94 bits per heavy atom. The van der Waals surface area contributed by atoms with Gasteiger partial charge in [0.05, 0.1) is 24.9 Å². The summed E-state index contributed by atoms with van der Waals surface area (Å²) in [6.45, 7) is 1.94. The molecule has 0 saturated carbocycles. The van der Waals surface area contributed by atoms with E-state index in [9.17, 15) is 4.79 Å². The van der Waals surface area contributed by atoms with Crippen molar-refractivity contribution < 1.29 is 9.53 Å². The Labute approximate surface area is 103 Å². The monoisotopic (exact) mass is 248 g/mol. The molecule has 2 aromatic rings. The second-order valence-corrected chi connectivity index (χ2v) is 4.42. The number of rotatable bonds is 3. The Morgan fingerprint density at radius 1 is 1.41 bits per heavy atom. The first kappa shape index (κ1) is 11.7. The highest BCUT2D eigenvalue weighted by atomic mass is 32.1. The smallest absolute Gasteiger partial charge is 0.311 e. The lowest BCUT2D eigenvalue weighted by atomic mass is 10.3. The van der Waals surface area contributed by atoms with Crippen molar-refractivity contribution in [1.29, 1.82) is 0 Å². The molecule has 0 amide bonds. The number of methoxy groups -OCH3 is 1. The van der Waals surface area contributed by atoms with Gasteiger partial charge in [0.2, 0.25) is 0 Å². The molecule has 2 aromatic heterocycles. The molecule has 0 atom stereocenters. The average molecular weight is 248 g/mol. The largest absolute Gasteiger partial charge is 0.469 e. The van der Waals surface area contributed by atoms with E-state index in [4.69, 9.17) is 0 Å². The zero-order chi connectivity index (χ0) is 12.3. The minimum atomic E-state index is -0.279. The molecule has 2 rings (SSSR count). The molecule has 0 aromatic carbocycles. The number of ether oxygens (including phenoxy) is 1. The third-order valence-electron chi connectivity index (χ3n) is 2.21. The van der Waals surface area contributed by atoms with Crippen molar-refractivity contribution >= 4 is 17.3 Å². The van der Waals surface area contributed by atoms with Gasteiger partial charge in [-0.05, 0) is 19.1 Å². The highest BCUT2D eigenvalue weighted by Gasteiger charge is 2.09. The lowest BCUT2D eigenvalue weighted by molar-refractivity contribution is -0.139. The van der Waals surface area contributed by atoms with Gasteiger partial charge in [-0.15, -0.1) is 11.3 Å². The summed E-state index contributed by atoms with van der Waals surface area (Å²) in [4.78, 5) is 19.9. The van der Waals surface area contributed by atoms with Crippen molar-refractivity contribution in [2.24, 2.45) is 0 Å². The van der Waals surface area contributed by atoms with Crippen molar-refractivity contribution in [1.82, 2.24) is 9.97 Å². The number of hydrogen-bond donors (Lipinski definition) is 0. The summed E-state index contributed by atoms with van der Waals surface area (Å²) in [5, 5.41) is 2.68. The van der Waals surface area contributed by atoms with Crippen molar-refractivity contribution in [3.05, 3.63) is 35.0 Å². The van der Waals surface area contributed by atoms with Crippen LogP contribution in [-0.4, -0.2) is 23.0 Å². The first-order valence-corrected chi connectivity index (χ1v) is 6.02. The van der Waals surface area contributed by atoms with E-state index in [1.807, 2.05) is 30.5 Å². The number of nitrogens with zero attached hydrogens (tertiary/aromatic N) is 2. The number of hydrogen-bond acceptors (Lipinski definition) is 5. The molecule has 0 bridgehead atoms. The molecule has 0 aliphatic heterocycles. The highest BCUT2D eigenvalue weighted by Crippen LogP contribution is 2.22. The minimum Gasteiger partial charge on any atom is -0.469 e. The van der Waals surface area contributed by atoms with E-state index >= 15 is 0 Å². The zero-order valence-electron chi connectivity index (χ0n) is 9.64. The fourth-order valence-electron chi connectivity index (χ4n) is 1.39. The summed E-state index contributed by atoms with van der Waals surface area (Å²) in [6, 6.07) is 5.79. The summed E-state index contributed by atoms with van der Waals surface area (Å²) < 4.78 is 4.60. The molecule has 0 N–H and O–H groups in total. The number of aryl methyl sites for hydroxylation is 1. The van der Waals surface area contributed by atoms with Gasteiger partial charge in [-0.1, -0.05) is 6.07 Å². The van der Waals surface area contributed by atoms with Crippen molar-refractivity contribution in [2.75, 3.05) is 7.11 Å². The van der Waals surface area contributed by atoms with Gasteiger partial charge in [0, 0.05) is 11.1 Å². The van der Waals surface area contributed by atoms with Crippen molar-refractivity contribution in [3.63, 3.8) is 0 Å². The quantitative estimate of drug-likeness (QED) is 0.782. The summed E-state index contributed by atoms with van der Waals surface area (Å²) in [5.74, 6) is -0.279. The molecule has 4 nitrogen and oxygen atoms in total. The Balaban J connectivity index is 2.21. The van der Waals surface area contributed by atoms with E-state index in [1.165, 1.54) is 18.4 Å². The number of thiazole rings is 1. The van der Waals surface area contributed by atoms with Crippen LogP contribution >= 0.6 is 11.3 Å². The van der Waals surface area contributed by atoms with Crippen LogP contribution in [0.3, 0.4) is 0 Å². The van der Waals surface area contributed by atoms with Crippen LogP contribution in [-0.2, 0) is 16.0 Å². The van der Waals surface area contributed by atoms with E-state index in [0.717, 1.165) is 22.1 Å². The van der Waals surface area contributed by atoms with Crippen molar-refractivity contribution in [3.8, 4) is 10.7 Å². The van der Waals surface area contributed by atoms with Gasteiger partial charge in [-0.2, -0.15) is 0 Å². The lowest BCUT2D eigenvalue weighted by Gasteiger charge is -1.97. The standard InChI is InChI=1S/C12H12N2O2S/c1-8-4-3-5-10(13-8)12-14-9(7-17-12)6-11(15)16-2/h3-5,7H,6H2,1-2H3. The van der Waals surface area contributed by atoms with E-state index < -0.39 is 0 Å². The van der Waals surface area contributed by atoms with Gasteiger partial charge >= 0.3 is 5.97 Å². The molecular formula is C12H12N2O2S. The molecule has 0 spiro atoms. The van der Waals surface area contributed by atoms with Crippen LogP contribution in [0.5, 0.6) is 0 Å². The van der Waals surface area contributed by atoms with E-state index in [-0.39, 0.29) is 12.4 Å². The van der Waals surface area contributed by atoms with Crippen LogP contribution in [0.1, 0.15) is 11.4 Å². The predicted molar refractivity (Wildman–Crippen MR) is 65.8 cm³/mol. The number of pyridine rings is 1. The van der Waals surface area contributed by atoms with Gasteiger partial charge in [0.1, 0.15) is 5.01 Å². The predicted octanol–water partition coefficient (Wildman–Crippen LogP) is 2.23. The highest BCUT2D eigenvalue weighted by molar-refractivity contribution is 7.13.